The molecule has 3 heterocycles. The van der Waals surface area contributed by atoms with E-state index < -0.39 is 0 Å². The number of aryl methyl sites for hydroxylation is 1. The Balaban J connectivity index is 1.35. The minimum Gasteiger partial charge on any atom is -0.322 e. The maximum Gasteiger partial charge on any atom is 0.255 e. The average molecular weight is 624 g/mol. The van der Waals surface area contributed by atoms with E-state index in [1.807, 2.05) is 42.0 Å². The molecule has 6 nitrogen and oxygen atoms in total. The smallest absolute Gasteiger partial charge is 0.255 e. The Bertz CT molecular complexity index is 1350. The fourth-order valence-corrected chi connectivity index (χ4v) is 6.14. The highest BCUT2D eigenvalue weighted by Crippen LogP contribution is 2.36. The van der Waals surface area contributed by atoms with Crippen molar-refractivity contribution < 1.29 is 4.79 Å². The number of nitrogens with one attached hydrogen (secondary N) is 1. The van der Waals surface area contributed by atoms with E-state index >= 15 is 0 Å². The topological polar surface area (TPSA) is 61.4 Å². The molecule has 1 atom stereocenters. The molecular weight excluding hydrogens is 593 g/mol. The van der Waals surface area contributed by atoms with E-state index in [0.717, 1.165) is 63.7 Å². The Morgan fingerprint density at radius 2 is 1.95 bits per heavy atom. The number of anilines is 1. The van der Waals surface area contributed by atoms with E-state index in [1.165, 1.54) is 5.56 Å². The van der Waals surface area contributed by atoms with Crippen LogP contribution in [0.3, 0.4) is 0 Å². The van der Waals surface area contributed by atoms with Gasteiger partial charge in [-0.05, 0) is 89.1 Å². The molecule has 1 unspecified atom stereocenters. The van der Waals surface area contributed by atoms with E-state index in [-0.39, 0.29) is 11.8 Å². The van der Waals surface area contributed by atoms with E-state index in [0.29, 0.717) is 5.56 Å². The van der Waals surface area contributed by atoms with Crippen molar-refractivity contribution in [3.8, 4) is 0 Å². The van der Waals surface area contributed by atoms with Gasteiger partial charge in [0.2, 0.25) is 0 Å². The zero-order valence-electron chi connectivity index (χ0n) is 21.0. The highest BCUT2D eigenvalue weighted by molar-refractivity contribution is 14.1. The predicted molar refractivity (Wildman–Crippen MR) is 158 cm³/mol. The summed E-state index contributed by atoms with van der Waals surface area (Å²) >= 11 is 3.98. The minimum absolute atomic E-state index is 0.0413. The lowest BCUT2D eigenvalue weighted by Gasteiger charge is -2.32. The molecule has 1 fully saturated rings. The Labute approximate surface area is 235 Å². The number of carbonyl (C=O) groups excluding carboxylic acids is 1. The van der Waals surface area contributed by atoms with Gasteiger partial charge in [0.15, 0.2) is 0 Å². The van der Waals surface area contributed by atoms with Crippen molar-refractivity contribution in [1.82, 2.24) is 19.8 Å². The number of piperazine rings is 1. The van der Waals surface area contributed by atoms with Crippen LogP contribution in [0.25, 0.3) is 0 Å². The van der Waals surface area contributed by atoms with Crippen LogP contribution in [0.4, 0.5) is 5.69 Å². The maximum atomic E-state index is 13.2. The van der Waals surface area contributed by atoms with Gasteiger partial charge in [-0.15, -0.1) is 11.3 Å². The first-order valence-corrected chi connectivity index (χ1v) is 14.3. The number of hydrogen-bond acceptors (Lipinski definition) is 6. The van der Waals surface area contributed by atoms with Crippen LogP contribution < -0.4 is 5.32 Å². The van der Waals surface area contributed by atoms with Gasteiger partial charge in [0.1, 0.15) is 5.01 Å². The van der Waals surface area contributed by atoms with Crippen molar-refractivity contribution in [2.45, 2.75) is 19.4 Å². The number of halogens is 1. The second-order valence-electron chi connectivity index (χ2n) is 9.50. The molecule has 0 radical (unpaired) electrons. The third-order valence-corrected chi connectivity index (χ3v) is 8.71. The quantitative estimate of drug-likeness (QED) is 0.271. The van der Waals surface area contributed by atoms with Crippen molar-refractivity contribution in [1.29, 1.82) is 0 Å². The van der Waals surface area contributed by atoms with Gasteiger partial charge in [0.05, 0.1) is 5.92 Å². The SMILES string of the molecule is Cc1ccc(NC(=O)c2ccc(CN3CCN(C)CC3)c(I)c2)cc1C(c1cccnc1)c1nccs1. The molecule has 0 aliphatic carbocycles. The normalized spacial score (nSPS) is 15.4. The van der Waals surface area contributed by atoms with Crippen molar-refractivity contribution in [3.63, 3.8) is 0 Å². The molecule has 8 heteroatoms. The summed E-state index contributed by atoms with van der Waals surface area (Å²) in [5, 5.41) is 6.12. The summed E-state index contributed by atoms with van der Waals surface area (Å²) in [7, 11) is 2.17. The first-order valence-electron chi connectivity index (χ1n) is 12.4. The standard InChI is InChI=1S/C29H30IN5OS/c1-20-5-8-24(17-25(20)27(29-32-10-15-37-29)22-4-3-9-31-18-22)33-28(36)21-6-7-23(26(30)16-21)19-35-13-11-34(2)12-14-35/h3-10,15-18,27H,11-14,19H2,1-2H3,(H,33,36). The number of carbonyl (C=O) groups is 1. The number of benzene rings is 2. The molecule has 1 saturated heterocycles. The third-order valence-electron chi connectivity index (χ3n) is 6.87. The van der Waals surface area contributed by atoms with Gasteiger partial charge in [0.25, 0.3) is 5.91 Å². The van der Waals surface area contributed by atoms with Gasteiger partial charge in [0, 0.05) is 71.5 Å². The van der Waals surface area contributed by atoms with Gasteiger partial charge in [-0.25, -0.2) is 4.98 Å². The van der Waals surface area contributed by atoms with Crippen molar-refractivity contribution in [2.24, 2.45) is 0 Å². The zero-order valence-corrected chi connectivity index (χ0v) is 24.0. The van der Waals surface area contributed by atoms with Crippen LogP contribution in [0, 0.1) is 10.5 Å². The first-order chi connectivity index (χ1) is 18.0. The fraction of sp³-hybridized carbons (Fsp3) is 0.276. The van der Waals surface area contributed by atoms with Crippen molar-refractivity contribution >= 4 is 45.5 Å². The number of amides is 1. The van der Waals surface area contributed by atoms with Gasteiger partial charge in [-0.2, -0.15) is 0 Å². The molecule has 190 valence electrons. The predicted octanol–water partition coefficient (Wildman–Crippen LogP) is 5.63. The molecule has 5 rings (SSSR count). The molecular formula is C29H30IN5OS. The summed E-state index contributed by atoms with van der Waals surface area (Å²) < 4.78 is 1.12. The van der Waals surface area contributed by atoms with Crippen LogP contribution in [-0.4, -0.2) is 58.9 Å². The van der Waals surface area contributed by atoms with Crippen LogP contribution in [0.2, 0.25) is 0 Å². The summed E-state index contributed by atoms with van der Waals surface area (Å²) in [6.45, 7) is 7.36. The van der Waals surface area contributed by atoms with Crippen LogP contribution in [-0.2, 0) is 6.54 Å². The summed E-state index contributed by atoms with van der Waals surface area (Å²) in [5.74, 6) is -0.147. The molecule has 0 bridgehead atoms. The van der Waals surface area contributed by atoms with Crippen molar-refractivity contribution in [2.75, 3.05) is 38.5 Å². The van der Waals surface area contributed by atoms with Gasteiger partial charge in [-0.1, -0.05) is 18.2 Å². The summed E-state index contributed by atoms with van der Waals surface area (Å²) in [6.07, 6.45) is 5.51. The maximum absolute atomic E-state index is 13.2. The number of nitrogens with zero attached hydrogens (tertiary/aromatic N) is 4. The Hall–Kier alpha value is -2.66. The van der Waals surface area contributed by atoms with E-state index in [4.69, 9.17) is 0 Å². The Kier molecular flexibility index (Phi) is 8.29. The Morgan fingerprint density at radius 1 is 1.11 bits per heavy atom. The lowest BCUT2D eigenvalue weighted by atomic mass is 9.89. The van der Waals surface area contributed by atoms with Gasteiger partial charge >= 0.3 is 0 Å². The third kappa shape index (κ3) is 6.26. The lowest BCUT2D eigenvalue weighted by molar-refractivity contribution is 0.102. The molecule has 4 aromatic rings. The molecule has 0 spiro atoms. The molecule has 1 aliphatic heterocycles. The lowest BCUT2D eigenvalue weighted by Crippen LogP contribution is -2.44. The molecule has 1 amide bonds. The fourth-order valence-electron chi connectivity index (χ4n) is 4.68. The molecule has 37 heavy (non-hydrogen) atoms. The molecule has 2 aromatic heterocycles. The number of aromatic nitrogens is 2. The first kappa shape index (κ1) is 26.0. The van der Waals surface area contributed by atoms with Crippen LogP contribution in [0.1, 0.15) is 43.5 Å². The molecule has 2 aromatic carbocycles. The highest BCUT2D eigenvalue weighted by Gasteiger charge is 2.22. The minimum atomic E-state index is -0.106. The number of hydrogen-bond donors (Lipinski definition) is 1. The second kappa shape index (κ2) is 11.8. The van der Waals surface area contributed by atoms with E-state index in [2.05, 4.69) is 85.9 Å². The molecule has 0 saturated carbocycles. The average Bonchev–Trinajstić information content (AvgIpc) is 3.43. The summed E-state index contributed by atoms with van der Waals surface area (Å²) in [5.41, 5.74) is 6.03. The van der Waals surface area contributed by atoms with E-state index in [9.17, 15) is 4.79 Å². The highest BCUT2D eigenvalue weighted by atomic mass is 127. The summed E-state index contributed by atoms with van der Waals surface area (Å²) in [6, 6.07) is 16.1. The number of thiazole rings is 1. The largest absolute Gasteiger partial charge is 0.322 e. The second-order valence-corrected chi connectivity index (χ2v) is 11.6. The van der Waals surface area contributed by atoms with Gasteiger partial charge < -0.3 is 10.2 Å². The van der Waals surface area contributed by atoms with Crippen LogP contribution in [0.15, 0.2) is 72.5 Å². The van der Waals surface area contributed by atoms with E-state index in [1.54, 1.807) is 17.5 Å². The number of pyridine rings is 1. The number of rotatable bonds is 7. The molecule has 1 aliphatic rings. The zero-order chi connectivity index (χ0) is 25.8. The Morgan fingerprint density at radius 3 is 2.65 bits per heavy atom. The van der Waals surface area contributed by atoms with Crippen LogP contribution >= 0.6 is 33.9 Å². The van der Waals surface area contributed by atoms with Gasteiger partial charge in [-0.3, -0.25) is 14.7 Å². The number of likely N-dealkylation sites (N-methyl/N-ethyl adjacent to an activating group) is 1. The summed E-state index contributed by atoms with van der Waals surface area (Å²) in [4.78, 5) is 27.0. The van der Waals surface area contributed by atoms with Crippen molar-refractivity contribution in [3.05, 3.63) is 109 Å². The monoisotopic (exact) mass is 623 g/mol. The molecule has 1 N–H and O–H groups in total. The van der Waals surface area contributed by atoms with Crippen LogP contribution in [0.5, 0.6) is 0 Å².